The summed E-state index contributed by atoms with van der Waals surface area (Å²) in [5, 5.41) is 28.3. The van der Waals surface area contributed by atoms with Crippen molar-refractivity contribution >= 4 is 33.7 Å². The topological polar surface area (TPSA) is 185 Å². The number of carbonyl (C=O) groups excluding carboxylic acids is 2. The number of ether oxygens (including phenoxy) is 1. The van der Waals surface area contributed by atoms with Crippen LogP contribution in [0.15, 0.2) is 59.5 Å². The van der Waals surface area contributed by atoms with Crippen LogP contribution in [0.5, 0.6) is 0 Å². The van der Waals surface area contributed by atoms with Gasteiger partial charge in [-0.3, -0.25) is 0 Å². The van der Waals surface area contributed by atoms with Gasteiger partial charge in [0.25, 0.3) is 0 Å². The lowest BCUT2D eigenvalue weighted by Gasteiger charge is -2.61. The van der Waals surface area contributed by atoms with Crippen LogP contribution in [0.2, 0.25) is 5.02 Å². The van der Waals surface area contributed by atoms with E-state index in [1.165, 1.54) is 31.2 Å². The minimum atomic E-state index is -4.25. The Morgan fingerprint density at radius 3 is 2.11 bits per heavy atom. The summed E-state index contributed by atoms with van der Waals surface area (Å²) in [5.41, 5.74) is 2.79. The van der Waals surface area contributed by atoms with Gasteiger partial charge in [0.1, 0.15) is 10.1 Å². The average Bonchev–Trinajstić information content (AvgIpc) is 2.87. The van der Waals surface area contributed by atoms with E-state index < -0.39 is 50.9 Å². The largest absolute Gasteiger partial charge is 0.744 e. The number of nitrogens with one attached hydrogen (secondary N) is 1. The van der Waals surface area contributed by atoms with Gasteiger partial charge in [-0.05, 0) is 37.1 Å². The molecule has 0 aromatic heterocycles. The van der Waals surface area contributed by atoms with Gasteiger partial charge in [0, 0.05) is 52.3 Å². The molecule has 0 aliphatic carbocycles. The molecule has 3 N–H and O–H groups in total. The Morgan fingerprint density at radius 1 is 1.08 bits per heavy atom. The van der Waals surface area contributed by atoms with Gasteiger partial charge in [-0.15, -0.1) is 0 Å². The van der Waals surface area contributed by atoms with Crippen LogP contribution in [0.3, 0.4) is 0 Å². The molecule has 0 spiro atoms. The van der Waals surface area contributed by atoms with Gasteiger partial charge in [0.15, 0.2) is 0 Å². The maximum absolute atomic E-state index is 12.6. The number of aliphatic carboxylic acids is 2. The Morgan fingerprint density at radius 2 is 1.66 bits per heavy atom. The van der Waals surface area contributed by atoms with Gasteiger partial charge >= 0.3 is 0 Å². The fourth-order valence-electron chi connectivity index (χ4n) is 5.14. The summed E-state index contributed by atoms with van der Waals surface area (Å²) in [6, 6.07) is 12.6. The molecule has 1 saturated heterocycles. The third-order valence-corrected chi connectivity index (χ3v) is 8.48. The molecule has 1 heterocycles. The zero-order valence-corrected chi connectivity index (χ0v) is 23.0. The SMILES string of the molecule is CCC1(C(=O)[O-])C(COCCN)NC(C)C(C)(C(=O)[O-])C1c1ccccc1Cl.O=S(=O)([O-])c1ccccc1. The van der Waals surface area contributed by atoms with E-state index >= 15 is 0 Å². The molecule has 1 aliphatic heterocycles. The van der Waals surface area contributed by atoms with Gasteiger partial charge in [-0.2, -0.15) is 0 Å². The Balaban J connectivity index is 0.000000423. The zero-order chi connectivity index (χ0) is 28.7. The van der Waals surface area contributed by atoms with Gasteiger partial charge < -0.3 is 40.1 Å². The molecule has 12 heteroatoms. The first-order valence-electron chi connectivity index (χ1n) is 12.0. The summed E-state index contributed by atoms with van der Waals surface area (Å²) in [7, 11) is -4.25. The molecule has 3 rings (SSSR count). The second-order valence-electron chi connectivity index (χ2n) is 9.28. The molecule has 0 bridgehead atoms. The minimum absolute atomic E-state index is 0.0490. The van der Waals surface area contributed by atoms with Crippen molar-refractivity contribution < 1.29 is 37.5 Å². The average molecular weight is 568 g/mol. The van der Waals surface area contributed by atoms with E-state index in [0.29, 0.717) is 10.6 Å². The number of hydrogen-bond donors (Lipinski definition) is 2. The summed E-state index contributed by atoms with van der Waals surface area (Å²) in [4.78, 5) is 24.7. The third kappa shape index (κ3) is 6.36. The van der Waals surface area contributed by atoms with Crippen LogP contribution in [0.4, 0.5) is 0 Å². The Hall–Kier alpha value is -2.54. The molecule has 10 nitrogen and oxygen atoms in total. The van der Waals surface area contributed by atoms with E-state index in [-0.39, 0.29) is 31.1 Å². The summed E-state index contributed by atoms with van der Waals surface area (Å²) in [6.07, 6.45) is 0.116. The highest BCUT2D eigenvalue weighted by Crippen LogP contribution is 2.57. The molecule has 2 aromatic carbocycles. The summed E-state index contributed by atoms with van der Waals surface area (Å²) < 4.78 is 36.4. The second-order valence-corrected chi connectivity index (χ2v) is 11.1. The molecule has 5 atom stereocenters. The summed E-state index contributed by atoms with van der Waals surface area (Å²) >= 11 is 6.41. The van der Waals surface area contributed by atoms with Gasteiger partial charge in [0.05, 0.1) is 18.1 Å². The van der Waals surface area contributed by atoms with Crippen LogP contribution in [0.1, 0.15) is 38.7 Å². The van der Waals surface area contributed by atoms with Crippen molar-refractivity contribution in [2.24, 2.45) is 16.6 Å². The van der Waals surface area contributed by atoms with Crippen molar-refractivity contribution in [1.82, 2.24) is 5.32 Å². The fraction of sp³-hybridized carbons (Fsp3) is 0.462. The van der Waals surface area contributed by atoms with E-state index in [4.69, 9.17) is 22.1 Å². The van der Waals surface area contributed by atoms with Gasteiger partial charge in [-0.25, -0.2) is 8.42 Å². The van der Waals surface area contributed by atoms with Gasteiger partial charge in [0.2, 0.25) is 0 Å². The summed E-state index contributed by atoms with van der Waals surface area (Å²) in [5.74, 6) is -3.69. The number of carbonyl (C=O) groups is 2. The lowest BCUT2D eigenvalue weighted by molar-refractivity contribution is -0.336. The van der Waals surface area contributed by atoms with Gasteiger partial charge in [-0.1, -0.05) is 61.8 Å². The van der Waals surface area contributed by atoms with Crippen LogP contribution < -0.4 is 21.3 Å². The number of piperidine rings is 1. The normalized spacial score (nSPS) is 27.2. The van der Waals surface area contributed by atoms with E-state index in [1.54, 1.807) is 44.2 Å². The van der Waals surface area contributed by atoms with Crippen molar-refractivity contribution in [2.45, 2.75) is 50.1 Å². The highest BCUT2D eigenvalue weighted by molar-refractivity contribution is 7.85. The molecular formula is C26H32ClN2O8S-3. The first kappa shape index (κ1) is 31.7. The molecule has 38 heavy (non-hydrogen) atoms. The molecule has 5 unspecified atom stereocenters. The first-order chi connectivity index (χ1) is 17.8. The van der Waals surface area contributed by atoms with E-state index in [1.807, 2.05) is 0 Å². The highest BCUT2D eigenvalue weighted by atomic mass is 35.5. The zero-order valence-electron chi connectivity index (χ0n) is 21.4. The molecule has 2 aromatic rings. The van der Waals surface area contributed by atoms with Crippen LogP contribution in [-0.4, -0.2) is 56.8 Å². The number of carboxylic acids is 2. The lowest BCUT2D eigenvalue weighted by atomic mass is 9.51. The van der Waals surface area contributed by atoms with E-state index in [2.05, 4.69) is 5.32 Å². The van der Waals surface area contributed by atoms with E-state index in [0.717, 1.165) is 0 Å². The van der Waals surface area contributed by atoms with Crippen LogP contribution >= 0.6 is 11.6 Å². The molecule has 1 fully saturated rings. The van der Waals surface area contributed by atoms with Crippen molar-refractivity contribution in [1.29, 1.82) is 0 Å². The molecule has 0 amide bonds. The van der Waals surface area contributed by atoms with E-state index in [9.17, 15) is 32.8 Å². The Bertz CT molecular complexity index is 1210. The number of hydrogen-bond acceptors (Lipinski definition) is 10. The minimum Gasteiger partial charge on any atom is -0.744 e. The smallest absolute Gasteiger partial charge is 0.124 e. The molecular weight excluding hydrogens is 536 g/mol. The Kier molecular flexibility index (Phi) is 10.8. The van der Waals surface area contributed by atoms with Crippen molar-refractivity contribution in [2.75, 3.05) is 19.8 Å². The number of benzene rings is 2. The number of nitrogens with two attached hydrogens (primary N) is 1. The second kappa shape index (κ2) is 13.0. The third-order valence-electron chi connectivity index (χ3n) is 7.29. The van der Waals surface area contributed by atoms with Crippen molar-refractivity contribution in [3.63, 3.8) is 0 Å². The fourth-order valence-corrected chi connectivity index (χ4v) is 5.87. The predicted octanol–water partition coefficient (Wildman–Crippen LogP) is 0.252. The number of rotatable bonds is 9. The molecule has 0 saturated carbocycles. The molecule has 210 valence electrons. The maximum Gasteiger partial charge on any atom is 0.124 e. The molecule has 0 radical (unpaired) electrons. The van der Waals surface area contributed by atoms with Crippen molar-refractivity contribution in [3.8, 4) is 0 Å². The van der Waals surface area contributed by atoms with Crippen LogP contribution in [0, 0.1) is 10.8 Å². The highest BCUT2D eigenvalue weighted by Gasteiger charge is 2.60. The monoisotopic (exact) mass is 567 g/mol. The number of halogens is 1. The summed E-state index contributed by atoms with van der Waals surface area (Å²) in [6.45, 7) is 5.49. The maximum atomic E-state index is 12.6. The van der Waals surface area contributed by atoms with Crippen LogP contribution in [-0.2, 0) is 24.4 Å². The Labute approximate surface area is 227 Å². The lowest BCUT2D eigenvalue weighted by Crippen LogP contribution is -2.73. The predicted molar refractivity (Wildman–Crippen MR) is 136 cm³/mol. The van der Waals surface area contributed by atoms with Crippen molar-refractivity contribution in [3.05, 3.63) is 65.2 Å². The quantitative estimate of drug-likeness (QED) is 0.314. The number of carboxylic acid groups (broad SMARTS) is 2. The van der Waals surface area contributed by atoms with Crippen LogP contribution in [0.25, 0.3) is 0 Å². The standard InChI is InChI=1S/C20H29ClN2O5.C6H6O3S/c1-4-20(18(26)27)15(11-28-10-9-22)23-12(2)19(3,17(24)25)16(20)13-7-5-6-8-14(13)21;7-10(8,9)6-4-2-1-3-5-6/h5-8,12,15-16,23H,4,9-11,22H2,1-3H3,(H,24,25)(H,26,27);1-5H,(H,7,8,9)/p-3. The first-order valence-corrected chi connectivity index (χ1v) is 13.8. The molecule has 1 aliphatic rings.